The van der Waals surface area contributed by atoms with Gasteiger partial charge in [0, 0.05) is 17.8 Å². The van der Waals surface area contributed by atoms with Crippen LogP contribution >= 0.6 is 22.9 Å². The molecule has 0 saturated heterocycles. The lowest BCUT2D eigenvalue weighted by molar-refractivity contribution is 0.738. The zero-order valence-electron chi connectivity index (χ0n) is 11.9. The van der Waals surface area contributed by atoms with Gasteiger partial charge >= 0.3 is 0 Å². The summed E-state index contributed by atoms with van der Waals surface area (Å²) in [5, 5.41) is 1.74. The lowest BCUT2D eigenvalue weighted by Crippen LogP contribution is -2.21. The molecule has 0 aliphatic heterocycles. The maximum atomic E-state index is 5.95. The molecule has 0 aliphatic carbocycles. The lowest BCUT2D eigenvalue weighted by atomic mass is 10.1. The van der Waals surface area contributed by atoms with E-state index in [1.54, 1.807) is 11.3 Å². The summed E-state index contributed by atoms with van der Waals surface area (Å²) in [6.45, 7) is 2.16. The Bertz CT molecular complexity index is 767. The SMILES string of the molecule is CC(c1ccc(Cl)cc1)N(C)c1nc2ccc(N)cc2s1. The summed E-state index contributed by atoms with van der Waals surface area (Å²) < 4.78 is 1.11. The monoisotopic (exact) mass is 317 g/mol. The first-order chi connectivity index (χ1) is 10.0. The van der Waals surface area contributed by atoms with E-state index in [0.29, 0.717) is 0 Å². The van der Waals surface area contributed by atoms with Crippen molar-refractivity contribution >= 4 is 44.0 Å². The van der Waals surface area contributed by atoms with Gasteiger partial charge < -0.3 is 10.6 Å². The van der Waals surface area contributed by atoms with Crippen LogP contribution in [-0.2, 0) is 0 Å². The van der Waals surface area contributed by atoms with Crippen molar-refractivity contribution in [3.63, 3.8) is 0 Å². The Morgan fingerprint density at radius 2 is 1.90 bits per heavy atom. The number of rotatable bonds is 3. The Morgan fingerprint density at radius 1 is 1.19 bits per heavy atom. The fourth-order valence-electron chi connectivity index (χ4n) is 2.21. The minimum absolute atomic E-state index is 0.222. The average Bonchev–Trinajstić information content (AvgIpc) is 2.89. The van der Waals surface area contributed by atoms with Gasteiger partial charge in [-0.3, -0.25) is 0 Å². The third kappa shape index (κ3) is 2.82. The van der Waals surface area contributed by atoms with Gasteiger partial charge in [0.05, 0.1) is 16.3 Å². The molecule has 2 aromatic carbocycles. The Labute approximate surface area is 133 Å². The molecule has 108 valence electrons. The molecule has 1 atom stereocenters. The van der Waals surface area contributed by atoms with E-state index in [1.165, 1.54) is 5.56 Å². The molecule has 5 heteroatoms. The highest BCUT2D eigenvalue weighted by Gasteiger charge is 2.16. The fraction of sp³-hybridized carbons (Fsp3) is 0.188. The third-order valence-electron chi connectivity index (χ3n) is 3.64. The normalized spacial score (nSPS) is 12.5. The van der Waals surface area contributed by atoms with Gasteiger partial charge in [-0.2, -0.15) is 0 Å². The number of aromatic nitrogens is 1. The molecule has 2 N–H and O–H groups in total. The molecule has 1 aromatic heterocycles. The van der Waals surface area contributed by atoms with Crippen molar-refractivity contribution in [3.8, 4) is 0 Å². The zero-order chi connectivity index (χ0) is 15.0. The number of nitrogens with two attached hydrogens (primary N) is 1. The predicted octanol–water partition coefficient (Wildman–Crippen LogP) is 4.73. The molecular formula is C16H16ClN3S. The lowest BCUT2D eigenvalue weighted by Gasteiger charge is -2.24. The second kappa shape index (κ2) is 5.54. The topological polar surface area (TPSA) is 42.2 Å². The molecule has 3 aromatic rings. The van der Waals surface area contributed by atoms with E-state index in [2.05, 4.69) is 36.0 Å². The smallest absolute Gasteiger partial charge is 0.186 e. The van der Waals surface area contributed by atoms with Crippen molar-refractivity contribution in [1.29, 1.82) is 0 Å². The molecular weight excluding hydrogens is 302 g/mol. The van der Waals surface area contributed by atoms with Crippen LogP contribution in [0.5, 0.6) is 0 Å². The standard InChI is InChI=1S/C16H16ClN3S/c1-10(11-3-5-12(17)6-4-11)20(2)16-19-14-8-7-13(18)9-15(14)21-16/h3-10H,18H2,1-2H3. The molecule has 0 fully saturated rings. The predicted molar refractivity (Wildman–Crippen MR) is 92.3 cm³/mol. The van der Waals surface area contributed by atoms with Crippen LogP contribution in [0, 0.1) is 0 Å². The van der Waals surface area contributed by atoms with E-state index >= 15 is 0 Å². The van der Waals surface area contributed by atoms with Crippen LogP contribution in [0.25, 0.3) is 10.2 Å². The summed E-state index contributed by atoms with van der Waals surface area (Å²) in [5.74, 6) is 0. The first kappa shape index (κ1) is 14.2. The number of thiazole rings is 1. The van der Waals surface area contributed by atoms with E-state index < -0.39 is 0 Å². The van der Waals surface area contributed by atoms with Gasteiger partial charge in [-0.15, -0.1) is 0 Å². The van der Waals surface area contributed by atoms with Crippen molar-refractivity contribution in [2.75, 3.05) is 17.7 Å². The highest BCUT2D eigenvalue weighted by atomic mass is 35.5. The summed E-state index contributed by atoms with van der Waals surface area (Å²) >= 11 is 7.60. The number of halogens is 1. The quantitative estimate of drug-likeness (QED) is 0.710. The summed E-state index contributed by atoms with van der Waals surface area (Å²) in [6, 6.07) is 14.0. The Balaban J connectivity index is 1.91. The van der Waals surface area contributed by atoms with Crippen LogP contribution in [0.4, 0.5) is 10.8 Å². The van der Waals surface area contributed by atoms with E-state index in [9.17, 15) is 0 Å². The molecule has 3 rings (SSSR count). The minimum Gasteiger partial charge on any atom is -0.399 e. The molecule has 0 amide bonds. The van der Waals surface area contributed by atoms with E-state index in [1.807, 2.05) is 30.3 Å². The van der Waals surface area contributed by atoms with Gasteiger partial charge in [0.1, 0.15) is 0 Å². The number of benzene rings is 2. The first-order valence-electron chi connectivity index (χ1n) is 6.69. The van der Waals surface area contributed by atoms with Gasteiger partial charge in [-0.1, -0.05) is 35.1 Å². The van der Waals surface area contributed by atoms with E-state index in [0.717, 1.165) is 26.1 Å². The van der Waals surface area contributed by atoms with Crippen LogP contribution in [0.3, 0.4) is 0 Å². The van der Waals surface area contributed by atoms with Crippen LogP contribution < -0.4 is 10.6 Å². The van der Waals surface area contributed by atoms with Gasteiger partial charge in [-0.05, 0) is 42.8 Å². The van der Waals surface area contributed by atoms with Gasteiger partial charge in [0.2, 0.25) is 0 Å². The third-order valence-corrected chi connectivity index (χ3v) is 5.00. The van der Waals surface area contributed by atoms with Gasteiger partial charge in [0.25, 0.3) is 0 Å². The Morgan fingerprint density at radius 3 is 2.62 bits per heavy atom. The van der Waals surface area contributed by atoms with Crippen molar-refractivity contribution in [3.05, 3.63) is 53.1 Å². The van der Waals surface area contributed by atoms with Crippen molar-refractivity contribution in [1.82, 2.24) is 4.98 Å². The number of hydrogen-bond acceptors (Lipinski definition) is 4. The van der Waals surface area contributed by atoms with Crippen LogP contribution in [-0.4, -0.2) is 12.0 Å². The van der Waals surface area contributed by atoms with Gasteiger partial charge in [0.15, 0.2) is 5.13 Å². The maximum absolute atomic E-state index is 5.95. The second-order valence-electron chi connectivity index (χ2n) is 5.06. The molecule has 1 heterocycles. The van der Waals surface area contributed by atoms with E-state index in [4.69, 9.17) is 17.3 Å². The molecule has 0 aliphatic rings. The van der Waals surface area contributed by atoms with Crippen molar-refractivity contribution in [2.45, 2.75) is 13.0 Å². The first-order valence-corrected chi connectivity index (χ1v) is 7.88. The summed E-state index contributed by atoms with van der Waals surface area (Å²) in [4.78, 5) is 6.85. The molecule has 0 bridgehead atoms. The number of nitrogen functional groups attached to an aromatic ring is 1. The summed E-state index contributed by atoms with van der Waals surface area (Å²) in [7, 11) is 2.06. The fourth-order valence-corrected chi connectivity index (χ4v) is 3.39. The largest absolute Gasteiger partial charge is 0.399 e. The number of hydrogen-bond donors (Lipinski definition) is 1. The van der Waals surface area contributed by atoms with Crippen LogP contribution in [0.2, 0.25) is 5.02 Å². The molecule has 1 unspecified atom stereocenters. The number of fused-ring (bicyclic) bond motifs is 1. The summed E-state index contributed by atoms with van der Waals surface area (Å²) in [5.41, 5.74) is 8.79. The molecule has 0 radical (unpaired) electrons. The average molecular weight is 318 g/mol. The van der Waals surface area contributed by atoms with Crippen molar-refractivity contribution in [2.24, 2.45) is 0 Å². The van der Waals surface area contributed by atoms with Crippen LogP contribution in [0.1, 0.15) is 18.5 Å². The molecule has 21 heavy (non-hydrogen) atoms. The maximum Gasteiger partial charge on any atom is 0.186 e. The van der Waals surface area contributed by atoms with E-state index in [-0.39, 0.29) is 6.04 Å². The molecule has 3 nitrogen and oxygen atoms in total. The van der Waals surface area contributed by atoms with Crippen LogP contribution in [0.15, 0.2) is 42.5 Å². The minimum atomic E-state index is 0.222. The number of nitrogens with zero attached hydrogens (tertiary/aromatic N) is 2. The Hall–Kier alpha value is -1.78. The zero-order valence-corrected chi connectivity index (χ0v) is 13.4. The highest BCUT2D eigenvalue weighted by molar-refractivity contribution is 7.22. The molecule has 0 spiro atoms. The van der Waals surface area contributed by atoms with Gasteiger partial charge in [-0.25, -0.2) is 4.98 Å². The number of anilines is 2. The van der Waals surface area contributed by atoms with Crippen molar-refractivity contribution < 1.29 is 0 Å². The highest BCUT2D eigenvalue weighted by Crippen LogP contribution is 2.33. The second-order valence-corrected chi connectivity index (χ2v) is 6.51. The summed E-state index contributed by atoms with van der Waals surface area (Å²) in [6.07, 6.45) is 0. The molecule has 0 saturated carbocycles. The Kier molecular flexibility index (Phi) is 3.74.